The molecule has 2 unspecified atom stereocenters. The Morgan fingerprint density at radius 1 is 0.380 bits per heavy atom. The topological polar surface area (TPSA) is 95.9 Å². The number of nitrogens with one attached hydrogen (secondary N) is 1. The van der Waals surface area contributed by atoms with Crippen LogP contribution in [0.4, 0.5) is 0 Å². The molecule has 0 rings (SSSR count). The summed E-state index contributed by atoms with van der Waals surface area (Å²) in [6, 6.07) is -0.633. The van der Waals surface area contributed by atoms with E-state index >= 15 is 0 Å². The maximum atomic E-state index is 12.5. The molecule has 0 bridgehead atoms. The number of amides is 1. The van der Waals surface area contributed by atoms with Gasteiger partial charge in [0.1, 0.15) is 0 Å². The van der Waals surface area contributed by atoms with Gasteiger partial charge >= 0.3 is 5.97 Å². The van der Waals surface area contributed by atoms with Crippen molar-refractivity contribution < 1.29 is 24.5 Å². The zero-order valence-electron chi connectivity index (χ0n) is 47.7. The first-order valence-electron chi connectivity index (χ1n) is 31.8. The second kappa shape index (κ2) is 60.6. The molecule has 0 saturated heterocycles. The van der Waals surface area contributed by atoms with Gasteiger partial charge in [0.2, 0.25) is 5.91 Å². The Balaban J connectivity index is 3.44. The van der Waals surface area contributed by atoms with Crippen molar-refractivity contribution in [2.45, 2.75) is 353 Å². The van der Waals surface area contributed by atoms with E-state index in [1.54, 1.807) is 6.08 Å². The molecule has 6 heteroatoms. The van der Waals surface area contributed by atoms with Gasteiger partial charge in [-0.15, -0.1) is 0 Å². The smallest absolute Gasteiger partial charge is 0.305 e. The van der Waals surface area contributed by atoms with Crippen molar-refractivity contribution in [2.24, 2.45) is 0 Å². The van der Waals surface area contributed by atoms with Gasteiger partial charge < -0.3 is 20.3 Å². The molecule has 0 aromatic rings. The number of rotatable bonds is 59. The predicted octanol–water partition coefficient (Wildman–Crippen LogP) is 20.0. The van der Waals surface area contributed by atoms with Crippen LogP contribution in [0.1, 0.15) is 341 Å². The summed E-state index contributed by atoms with van der Waals surface area (Å²) in [5.41, 5.74) is 0. The number of unbranched alkanes of at least 4 members (excludes halogenated alkanes) is 44. The molecular formula is C65H123NO5. The third-order valence-corrected chi connectivity index (χ3v) is 14.6. The lowest BCUT2D eigenvalue weighted by atomic mass is 10.0. The second-order valence-corrected chi connectivity index (χ2v) is 21.7. The number of aliphatic hydroxyl groups excluding tert-OH is 2. The van der Waals surface area contributed by atoms with Gasteiger partial charge in [-0.05, 0) is 83.5 Å². The van der Waals surface area contributed by atoms with Crippen LogP contribution < -0.4 is 5.32 Å². The van der Waals surface area contributed by atoms with Crippen LogP contribution in [0.2, 0.25) is 0 Å². The minimum absolute atomic E-state index is 0.00156. The van der Waals surface area contributed by atoms with Gasteiger partial charge in [0.25, 0.3) is 0 Å². The van der Waals surface area contributed by atoms with E-state index in [1.165, 1.54) is 263 Å². The van der Waals surface area contributed by atoms with Crippen LogP contribution >= 0.6 is 0 Å². The molecule has 1 amide bonds. The lowest BCUT2D eigenvalue weighted by Crippen LogP contribution is -2.45. The Bertz CT molecular complexity index is 1150. The highest BCUT2D eigenvalue weighted by atomic mass is 16.5. The molecule has 71 heavy (non-hydrogen) atoms. The summed E-state index contributed by atoms with van der Waals surface area (Å²) < 4.78 is 5.48. The van der Waals surface area contributed by atoms with Crippen molar-refractivity contribution in [1.29, 1.82) is 0 Å². The summed E-state index contributed by atoms with van der Waals surface area (Å²) in [5.74, 6) is -0.0718. The fourth-order valence-corrected chi connectivity index (χ4v) is 9.74. The van der Waals surface area contributed by atoms with Gasteiger partial charge in [-0.2, -0.15) is 0 Å². The van der Waals surface area contributed by atoms with E-state index in [1.807, 2.05) is 6.08 Å². The molecule has 6 nitrogen and oxygen atoms in total. The van der Waals surface area contributed by atoms with Crippen molar-refractivity contribution in [2.75, 3.05) is 13.2 Å². The SMILES string of the molecule is CCCCCCCC/C=C\CCCCCCCC(=O)OCCCCCCCCCCCCC/C=C\CCCCCCCCCC(=O)NC(CO)C(O)/C=C/CCCCCCCCCCCCCCCCC. The molecule has 0 saturated carbocycles. The zero-order valence-corrected chi connectivity index (χ0v) is 47.7. The van der Waals surface area contributed by atoms with Crippen LogP contribution in [0.5, 0.6) is 0 Å². The van der Waals surface area contributed by atoms with Crippen molar-refractivity contribution >= 4 is 11.9 Å². The molecule has 0 spiro atoms. The lowest BCUT2D eigenvalue weighted by molar-refractivity contribution is -0.143. The summed E-state index contributed by atoms with van der Waals surface area (Å²) in [6.07, 6.45) is 76.1. The summed E-state index contributed by atoms with van der Waals surface area (Å²) in [7, 11) is 0. The Morgan fingerprint density at radius 3 is 1.00 bits per heavy atom. The standard InChI is InChI=1S/C65H123NO5/c1-3-5-7-9-11-13-15-17-19-26-30-33-37-41-45-49-53-57-63(68)62(61-67)66-64(69)58-54-50-46-42-38-34-31-27-24-22-20-21-23-25-28-32-36-40-44-48-52-56-60-71-65(70)59-55-51-47-43-39-35-29-18-16-14-12-10-8-6-4-2/h18,22,24,29,53,57,62-63,67-68H,3-17,19-21,23,25-28,30-52,54-56,58-61H2,1-2H3,(H,66,69)/b24-22-,29-18-,57-53+. The second-order valence-electron chi connectivity index (χ2n) is 21.7. The first-order chi connectivity index (χ1) is 35.0. The number of aliphatic hydroxyl groups is 2. The van der Waals surface area contributed by atoms with E-state index in [0.717, 1.165) is 51.4 Å². The molecule has 3 N–H and O–H groups in total. The van der Waals surface area contributed by atoms with Crippen LogP contribution in [-0.4, -0.2) is 47.4 Å². The average Bonchev–Trinajstić information content (AvgIpc) is 3.37. The molecule has 0 aromatic heterocycles. The normalized spacial score (nSPS) is 12.8. The summed E-state index contributed by atoms with van der Waals surface area (Å²) in [4.78, 5) is 24.5. The molecule has 0 aliphatic rings. The number of ether oxygens (including phenoxy) is 1. The molecule has 0 heterocycles. The Kier molecular flexibility index (Phi) is 59.0. The first kappa shape index (κ1) is 69.1. The largest absolute Gasteiger partial charge is 0.466 e. The molecule has 0 aliphatic carbocycles. The summed E-state index contributed by atoms with van der Waals surface area (Å²) in [5, 5.41) is 23.2. The number of carbonyl (C=O) groups excluding carboxylic acids is 2. The molecule has 0 fully saturated rings. The fourth-order valence-electron chi connectivity index (χ4n) is 9.74. The Hall–Kier alpha value is -1.92. The maximum Gasteiger partial charge on any atom is 0.305 e. The average molecular weight is 999 g/mol. The van der Waals surface area contributed by atoms with Crippen molar-refractivity contribution in [3.8, 4) is 0 Å². The number of carbonyl (C=O) groups is 2. The Labute approximate surface area is 443 Å². The molecule has 418 valence electrons. The molecule has 2 atom stereocenters. The van der Waals surface area contributed by atoms with Gasteiger partial charge in [0.15, 0.2) is 0 Å². The highest BCUT2D eigenvalue weighted by Gasteiger charge is 2.18. The number of hydrogen-bond acceptors (Lipinski definition) is 5. The zero-order chi connectivity index (χ0) is 51.4. The van der Waals surface area contributed by atoms with Crippen LogP contribution in [0.15, 0.2) is 36.5 Å². The molecule has 0 radical (unpaired) electrons. The van der Waals surface area contributed by atoms with Gasteiger partial charge in [-0.25, -0.2) is 0 Å². The van der Waals surface area contributed by atoms with Crippen LogP contribution in [0.25, 0.3) is 0 Å². The van der Waals surface area contributed by atoms with Crippen LogP contribution in [0.3, 0.4) is 0 Å². The quantitative estimate of drug-likeness (QED) is 0.0321. The molecule has 0 aromatic carbocycles. The van der Waals surface area contributed by atoms with E-state index in [0.29, 0.717) is 19.4 Å². The third kappa shape index (κ3) is 57.2. The van der Waals surface area contributed by atoms with E-state index in [-0.39, 0.29) is 18.5 Å². The van der Waals surface area contributed by atoms with Gasteiger partial charge in [-0.3, -0.25) is 9.59 Å². The van der Waals surface area contributed by atoms with Gasteiger partial charge in [0.05, 0.1) is 25.4 Å². The lowest BCUT2D eigenvalue weighted by Gasteiger charge is -2.20. The highest BCUT2D eigenvalue weighted by molar-refractivity contribution is 5.76. The summed E-state index contributed by atoms with van der Waals surface area (Å²) in [6.45, 7) is 4.91. The van der Waals surface area contributed by atoms with Crippen LogP contribution in [0, 0.1) is 0 Å². The van der Waals surface area contributed by atoms with E-state index < -0.39 is 12.1 Å². The van der Waals surface area contributed by atoms with E-state index in [9.17, 15) is 19.8 Å². The Morgan fingerprint density at radius 2 is 0.662 bits per heavy atom. The number of esters is 1. The third-order valence-electron chi connectivity index (χ3n) is 14.6. The van der Waals surface area contributed by atoms with Gasteiger partial charge in [0, 0.05) is 12.8 Å². The fraction of sp³-hybridized carbons (Fsp3) is 0.877. The van der Waals surface area contributed by atoms with Gasteiger partial charge in [-0.1, -0.05) is 281 Å². The van der Waals surface area contributed by atoms with E-state index in [2.05, 4.69) is 43.5 Å². The highest BCUT2D eigenvalue weighted by Crippen LogP contribution is 2.17. The molecule has 0 aliphatic heterocycles. The minimum Gasteiger partial charge on any atom is -0.466 e. The molecular weight excluding hydrogens is 875 g/mol. The van der Waals surface area contributed by atoms with Crippen LogP contribution in [-0.2, 0) is 14.3 Å². The summed E-state index contributed by atoms with van der Waals surface area (Å²) >= 11 is 0. The van der Waals surface area contributed by atoms with Crippen molar-refractivity contribution in [3.05, 3.63) is 36.5 Å². The first-order valence-corrected chi connectivity index (χ1v) is 31.8. The van der Waals surface area contributed by atoms with Crippen molar-refractivity contribution in [3.63, 3.8) is 0 Å². The minimum atomic E-state index is -0.849. The number of allylic oxidation sites excluding steroid dienone is 5. The van der Waals surface area contributed by atoms with E-state index in [4.69, 9.17) is 4.74 Å². The monoisotopic (exact) mass is 998 g/mol. The van der Waals surface area contributed by atoms with Crippen molar-refractivity contribution in [1.82, 2.24) is 5.32 Å². The number of hydrogen-bond donors (Lipinski definition) is 3. The maximum absolute atomic E-state index is 12.5. The predicted molar refractivity (Wildman–Crippen MR) is 310 cm³/mol.